The van der Waals surface area contributed by atoms with Crippen molar-refractivity contribution in [2.75, 3.05) is 0 Å². The second-order valence-corrected chi connectivity index (χ2v) is 22.3. The number of esters is 2. The van der Waals surface area contributed by atoms with Crippen LogP contribution in [0.15, 0.2) is 23.8 Å². The Balaban J connectivity index is 2.03. The molecule has 0 saturated carbocycles. The topological polar surface area (TPSA) is 71.1 Å². The lowest BCUT2D eigenvalue weighted by Gasteiger charge is -2.54. The Morgan fingerprint density at radius 3 is 2.18 bits per heavy atom. The Kier molecular flexibility index (Phi) is 12.3. The van der Waals surface area contributed by atoms with Gasteiger partial charge in [-0.2, -0.15) is 0 Å². The molecule has 0 amide bonds. The van der Waals surface area contributed by atoms with E-state index in [1.807, 2.05) is 13.8 Å². The molecule has 1 saturated heterocycles. The molecule has 8 heteroatoms. The zero-order chi connectivity index (χ0) is 34.1. The van der Waals surface area contributed by atoms with Crippen molar-refractivity contribution in [2.45, 2.75) is 158 Å². The minimum absolute atomic E-state index is 0.0322. The molecule has 3 rings (SSSR count). The summed E-state index contributed by atoms with van der Waals surface area (Å²) in [6, 6.07) is 0. The van der Waals surface area contributed by atoms with E-state index < -0.39 is 35.2 Å². The number of hydrogen-bond donors (Lipinski definition) is 0. The summed E-state index contributed by atoms with van der Waals surface area (Å²) in [5.74, 6) is 0.0741. The van der Waals surface area contributed by atoms with Crippen LogP contribution in [0.3, 0.4) is 0 Å². The van der Waals surface area contributed by atoms with Gasteiger partial charge in [-0.25, -0.2) is 4.79 Å². The standard InChI is InChI=1S/C37H66O6Si2/c1-15-19-36(9,10)33(39)41-29-22-26(34(3,4)5)21-25-17-16-24(2)37(30(25)29,43-45(13)14)20-18-27-23-28(35(6,7)8)31(32(38)40-27)42-44(11)12/h16-17,21,24,26-31,44-45H,15,18-20,22-23H2,1-14H3/t24-,26+,27+,28-,29-,30+,31?,37-/m0/s1. The van der Waals surface area contributed by atoms with Gasteiger partial charge in [0.2, 0.25) is 0 Å². The summed E-state index contributed by atoms with van der Waals surface area (Å²) in [4.78, 5) is 27.2. The first-order valence-corrected chi connectivity index (χ1v) is 23.3. The first-order valence-electron chi connectivity index (χ1n) is 17.8. The molecule has 0 radical (unpaired) electrons. The minimum Gasteiger partial charge on any atom is -0.461 e. The summed E-state index contributed by atoms with van der Waals surface area (Å²) < 4.78 is 26.3. The van der Waals surface area contributed by atoms with E-state index in [1.165, 1.54) is 5.57 Å². The van der Waals surface area contributed by atoms with Crippen molar-refractivity contribution in [3.63, 3.8) is 0 Å². The summed E-state index contributed by atoms with van der Waals surface area (Å²) in [6.45, 7) is 30.5. The molecule has 0 spiro atoms. The van der Waals surface area contributed by atoms with Gasteiger partial charge >= 0.3 is 11.9 Å². The van der Waals surface area contributed by atoms with Crippen molar-refractivity contribution in [1.82, 2.24) is 0 Å². The molecule has 0 N–H and O–H groups in total. The number of carbonyl (C=O) groups is 2. The zero-order valence-electron chi connectivity index (χ0n) is 31.1. The first-order chi connectivity index (χ1) is 20.6. The Labute approximate surface area is 278 Å². The van der Waals surface area contributed by atoms with Crippen molar-refractivity contribution in [2.24, 2.45) is 39.9 Å². The van der Waals surface area contributed by atoms with Gasteiger partial charge in [-0.3, -0.25) is 4.79 Å². The summed E-state index contributed by atoms with van der Waals surface area (Å²) in [6.07, 6.45) is 10.7. The molecule has 6 nitrogen and oxygen atoms in total. The number of fused-ring (bicyclic) bond motifs is 1. The van der Waals surface area contributed by atoms with Gasteiger partial charge in [0.1, 0.15) is 18.3 Å². The molecule has 258 valence electrons. The molecular formula is C37H66O6Si2. The third kappa shape index (κ3) is 9.02. The van der Waals surface area contributed by atoms with Gasteiger partial charge < -0.3 is 18.3 Å². The van der Waals surface area contributed by atoms with Gasteiger partial charge in [0.15, 0.2) is 18.1 Å². The highest BCUT2D eigenvalue weighted by atomic mass is 28.3. The van der Waals surface area contributed by atoms with Crippen molar-refractivity contribution in [1.29, 1.82) is 0 Å². The van der Waals surface area contributed by atoms with E-state index in [0.717, 1.165) is 32.1 Å². The third-order valence-corrected chi connectivity index (χ3v) is 12.3. The monoisotopic (exact) mass is 662 g/mol. The molecular weight excluding hydrogens is 597 g/mol. The van der Waals surface area contributed by atoms with E-state index in [0.29, 0.717) is 6.42 Å². The van der Waals surface area contributed by atoms with Crippen LogP contribution in [0.1, 0.15) is 108 Å². The average Bonchev–Trinajstić information content (AvgIpc) is 2.88. The highest BCUT2D eigenvalue weighted by molar-refractivity contribution is 6.48. The maximum absolute atomic E-state index is 13.8. The fourth-order valence-electron chi connectivity index (χ4n) is 7.93. The summed E-state index contributed by atoms with van der Waals surface area (Å²) in [7, 11) is -2.98. The van der Waals surface area contributed by atoms with Gasteiger partial charge in [0, 0.05) is 17.8 Å². The van der Waals surface area contributed by atoms with E-state index in [9.17, 15) is 9.59 Å². The largest absolute Gasteiger partial charge is 0.461 e. The number of allylic oxidation sites excluding steroid dienone is 2. The van der Waals surface area contributed by atoms with E-state index >= 15 is 0 Å². The second-order valence-electron chi connectivity index (χ2n) is 17.6. The van der Waals surface area contributed by atoms with Crippen LogP contribution in [0, 0.1) is 39.9 Å². The first kappa shape index (κ1) is 38.2. The molecule has 0 aromatic rings. The molecule has 8 atom stereocenters. The fraction of sp³-hybridized carbons (Fsp3) is 0.838. The number of carbonyl (C=O) groups excluding carboxylic acids is 2. The van der Waals surface area contributed by atoms with E-state index in [4.69, 9.17) is 18.3 Å². The van der Waals surface area contributed by atoms with Crippen LogP contribution in [0.25, 0.3) is 0 Å². The van der Waals surface area contributed by atoms with Crippen molar-refractivity contribution in [3.8, 4) is 0 Å². The fourth-order valence-corrected chi connectivity index (χ4v) is 10.2. The highest BCUT2D eigenvalue weighted by Crippen LogP contribution is 2.53. The van der Waals surface area contributed by atoms with E-state index in [2.05, 4.69) is 99.8 Å². The van der Waals surface area contributed by atoms with Crippen LogP contribution >= 0.6 is 0 Å². The molecule has 1 unspecified atom stereocenters. The van der Waals surface area contributed by atoms with Crippen molar-refractivity contribution in [3.05, 3.63) is 23.8 Å². The Bertz CT molecular complexity index is 1100. The summed E-state index contributed by atoms with van der Waals surface area (Å²) in [5.41, 5.74) is 0.0756. The minimum atomic E-state index is -1.55. The van der Waals surface area contributed by atoms with Crippen LogP contribution < -0.4 is 0 Å². The number of rotatable bonds is 11. The Hall–Kier alpha value is -1.23. The second kappa shape index (κ2) is 14.5. The van der Waals surface area contributed by atoms with E-state index in [1.54, 1.807) is 0 Å². The predicted octanol–water partition coefficient (Wildman–Crippen LogP) is 8.40. The number of cyclic esters (lactones) is 1. The third-order valence-electron chi connectivity index (χ3n) is 10.5. The Morgan fingerprint density at radius 2 is 1.64 bits per heavy atom. The molecule has 1 aliphatic heterocycles. The molecule has 0 aromatic carbocycles. The Morgan fingerprint density at radius 1 is 1.00 bits per heavy atom. The van der Waals surface area contributed by atoms with Gasteiger partial charge in [0.25, 0.3) is 0 Å². The van der Waals surface area contributed by atoms with Crippen LogP contribution in [-0.2, 0) is 27.9 Å². The molecule has 0 aromatic heterocycles. The lowest BCUT2D eigenvalue weighted by atomic mass is 9.59. The summed E-state index contributed by atoms with van der Waals surface area (Å²) in [5, 5.41) is 0. The van der Waals surface area contributed by atoms with Crippen LogP contribution in [-0.4, -0.2) is 53.9 Å². The van der Waals surface area contributed by atoms with Gasteiger partial charge in [-0.05, 0) is 94.5 Å². The zero-order valence-corrected chi connectivity index (χ0v) is 33.4. The van der Waals surface area contributed by atoms with E-state index in [-0.39, 0.29) is 58.6 Å². The molecule has 3 aliphatic rings. The quantitative estimate of drug-likeness (QED) is 0.163. The maximum atomic E-state index is 13.8. The smallest absolute Gasteiger partial charge is 0.334 e. The van der Waals surface area contributed by atoms with Crippen LogP contribution in [0.5, 0.6) is 0 Å². The SMILES string of the molecule is CCCC(C)(C)C(=O)O[C@H]1C[C@H](C(C)(C)C)C=C2C=C[C@H](C)[C@](CC[C@@H]3C[C@H](C(C)(C)C)C(O[SiH](C)C)C(=O)O3)(O[SiH](C)C)[C@H]21. The summed E-state index contributed by atoms with van der Waals surface area (Å²) >= 11 is 0. The van der Waals surface area contributed by atoms with Gasteiger partial charge in [-0.15, -0.1) is 0 Å². The van der Waals surface area contributed by atoms with Crippen LogP contribution in [0.2, 0.25) is 26.2 Å². The van der Waals surface area contributed by atoms with Crippen molar-refractivity contribution < 1.29 is 27.9 Å². The maximum Gasteiger partial charge on any atom is 0.334 e. The van der Waals surface area contributed by atoms with Gasteiger partial charge in [-0.1, -0.05) is 80.0 Å². The van der Waals surface area contributed by atoms with Crippen LogP contribution in [0.4, 0.5) is 0 Å². The normalized spacial score (nSPS) is 32.8. The number of ether oxygens (including phenoxy) is 2. The van der Waals surface area contributed by atoms with Crippen molar-refractivity contribution >= 4 is 30.0 Å². The molecule has 2 aliphatic carbocycles. The lowest BCUT2D eigenvalue weighted by molar-refractivity contribution is -0.180. The lowest BCUT2D eigenvalue weighted by Crippen LogP contribution is -2.58. The highest BCUT2D eigenvalue weighted by Gasteiger charge is 2.55. The molecule has 45 heavy (non-hydrogen) atoms. The number of hydrogen-bond acceptors (Lipinski definition) is 6. The molecule has 1 fully saturated rings. The molecule has 0 bridgehead atoms. The van der Waals surface area contributed by atoms with Gasteiger partial charge in [0.05, 0.1) is 11.0 Å². The average molecular weight is 663 g/mol. The molecule has 1 heterocycles. The predicted molar refractivity (Wildman–Crippen MR) is 189 cm³/mol.